The zero-order valence-electron chi connectivity index (χ0n) is 13.5. The SMILES string of the molecule is CNC1CCC(C(C)(C)C)CC1Cc1ccc(F)c(F)c1. The van der Waals surface area contributed by atoms with E-state index in [4.69, 9.17) is 0 Å². The Labute approximate surface area is 127 Å². The summed E-state index contributed by atoms with van der Waals surface area (Å²) in [5.74, 6) is -0.327. The van der Waals surface area contributed by atoms with Crippen molar-refractivity contribution >= 4 is 0 Å². The molecule has 3 atom stereocenters. The molecule has 1 aromatic rings. The average molecular weight is 295 g/mol. The Bertz CT molecular complexity index is 479. The van der Waals surface area contributed by atoms with Crippen molar-refractivity contribution in [2.45, 2.75) is 52.5 Å². The van der Waals surface area contributed by atoms with Gasteiger partial charge in [-0.05, 0) is 67.7 Å². The molecule has 118 valence electrons. The van der Waals surface area contributed by atoms with Crippen molar-refractivity contribution in [1.82, 2.24) is 5.32 Å². The number of nitrogens with one attached hydrogen (secondary N) is 1. The molecule has 0 radical (unpaired) electrons. The lowest BCUT2D eigenvalue weighted by molar-refractivity contribution is 0.116. The predicted molar refractivity (Wildman–Crippen MR) is 83.2 cm³/mol. The number of halogens is 2. The standard InChI is InChI=1S/C18H27F2N/c1-18(2,3)14-6-8-17(21-4)13(11-14)9-12-5-7-15(19)16(20)10-12/h5,7,10,13-14,17,21H,6,8-9,11H2,1-4H3. The van der Waals surface area contributed by atoms with Crippen LogP contribution in [0.3, 0.4) is 0 Å². The summed E-state index contributed by atoms with van der Waals surface area (Å²) in [5, 5.41) is 3.40. The smallest absolute Gasteiger partial charge is 0.159 e. The van der Waals surface area contributed by atoms with Crippen LogP contribution in [0.1, 0.15) is 45.6 Å². The van der Waals surface area contributed by atoms with E-state index in [0.29, 0.717) is 23.3 Å². The topological polar surface area (TPSA) is 12.0 Å². The fourth-order valence-electron chi connectivity index (χ4n) is 3.63. The van der Waals surface area contributed by atoms with Gasteiger partial charge in [-0.15, -0.1) is 0 Å². The highest BCUT2D eigenvalue weighted by atomic mass is 19.2. The van der Waals surface area contributed by atoms with Crippen LogP contribution >= 0.6 is 0 Å². The van der Waals surface area contributed by atoms with Crippen LogP contribution < -0.4 is 5.32 Å². The molecule has 0 amide bonds. The number of hydrogen-bond acceptors (Lipinski definition) is 1. The summed E-state index contributed by atoms with van der Waals surface area (Å²) in [6.07, 6.45) is 4.36. The van der Waals surface area contributed by atoms with E-state index in [0.717, 1.165) is 24.8 Å². The van der Waals surface area contributed by atoms with Gasteiger partial charge in [0.25, 0.3) is 0 Å². The van der Waals surface area contributed by atoms with Crippen molar-refractivity contribution in [3.8, 4) is 0 Å². The molecular formula is C18H27F2N. The molecule has 0 aromatic heterocycles. The van der Waals surface area contributed by atoms with E-state index in [-0.39, 0.29) is 0 Å². The molecule has 1 aliphatic rings. The van der Waals surface area contributed by atoms with Gasteiger partial charge in [-0.3, -0.25) is 0 Å². The molecule has 3 unspecified atom stereocenters. The van der Waals surface area contributed by atoms with Crippen LogP contribution in [0.25, 0.3) is 0 Å². The summed E-state index contributed by atoms with van der Waals surface area (Å²) in [5.41, 5.74) is 1.21. The first-order valence-corrected chi connectivity index (χ1v) is 7.92. The maximum absolute atomic E-state index is 13.4. The normalized spacial score (nSPS) is 26.9. The molecule has 0 heterocycles. The molecule has 1 aromatic carbocycles. The molecule has 2 rings (SSSR count). The Morgan fingerprint density at radius 1 is 1.14 bits per heavy atom. The van der Waals surface area contributed by atoms with E-state index >= 15 is 0 Å². The number of hydrogen-bond donors (Lipinski definition) is 1. The summed E-state index contributed by atoms with van der Waals surface area (Å²) in [6, 6.07) is 4.77. The van der Waals surface area contributed by atoms with Gasteiger partial charge in [-0.2, -0.15) is 0 Å². The van der Waals surface area contributed by atoms with Crippen molar-refractivity contribution < 1.29 is 8.78 Å². The molecule has 0 aliphatic heterocycles. The van der Waals surface area contributed by atoms with Crippen LogP contribution in [0, 0.1) is 28.9 Å². The molecule has 0 bridgehead atoms. The molecule has 0 saturated heterocycles. The summed E-state index contributed by atoms with van der Waals surface area (Å²) < 4.78 is 26.4. The minimum absolute atomic E-state index is 0.311. The maximum Gasteiger partial charge on any atom is 0.159 e. The lowest BCUT2D eigenvalue weighted by Crippen LogP contribution is -2.42. The van der Waals surface area contributed by atoms with Crippen molar-refractivity contribution in [3.05, 3.63) is 35.4 Å². The van der Waals surface area contributed by atoms with Crippen LogP contribution in [0.2, 0.25) is 0 Å². The fourth-order valence-corrected chi connectivity index (χ4v) is 3.63. The zero-order valence-corrected chi connectivity index (χ0v) is 13.5. The molecular weight excluding hydrogens is 268 g/mol. The van der Waals surface area contributed by atoms with Crippen molar-refractivity contribution in [2.24, 2.45) is 17.3 Å². The molecule has 1 saturated carbocycles. The molecule has 1 nitrogen and oxygen atoms in total. The first-order chi connectivity index (χ1) is 9.81. The van der Waals surface area contributed by atoms with Crippen molar-refractivity contribution in [3.63, 3.8) is 0 Å². The lowest BCUT2D eigenvalue weighted by Gasteiger charge is -2.42. The quantitative estimate of drug-likeness (QED) is 0.862. The molecule has 21 heavy (non-hydrogen) atoms. The molecule has 3 heteroatoms. The van der Waals surface area contributed by atoms with E-state index in [9.17, 15) is 8.78 Å². The van der Waals surface area contributed by atoms with Gasteiger partial charge in [-0.25, -0.2) is 8.78 Å². The Morgan fingerprint density at radius 2 is 1.86 bits per heavy atom. The summed E-state index contributed by atoms with van der Waals surface area (Å²) >= 11 is 0. The first kappa shape index (κ1) is 16.4. The molecule has 1 N–H and O–H groups in total. The van der Waals surface area contributed by atoms with Gasteiger partial charge in [0.15, 0.2) is 11.6 Å². The second-order valence-electron chi connectivity index (χ2n) is 7.48. The Morgan fingerprint density at radius 3 is 2.43 bits per heavy atom. The average Bonchev–Trinajstić information content (AvgIpc) is 2.42. The highest BCUT2D eigenvalue weighted by Crippen LogP contribution is 2.41. The van der Waals surface area contributed by atoms with Gasteiger partial charge in [0.2, 0.25) is 0 Å². The number of rotatable bonds is 3. The van der Waals surface area contributed by atoms with E-state index in [1.54, 1.807) is 6.07 Å². The van der Waals surface area contributed by atoms with Crippen molar-refractivity contribution in [1.29, 1.82) is 0 Å². The first-order valence-electron chi connectivity index (χ1n) is 7.92. The van der Waals surface area contributed by atoms with Crippen LogP contribution in [-0.2, 0) is 6.42 Å². The van der Waals surface area contributed by atoms with Crippen molar-refractivity contribution in [2.75, 3.05) is 7.05 Å². The van der Waals surface area contributed by atoms with Crippen LogP contribution in [0.4, 0.5) is 8.78 Å². The van der Waals surface area contributed by atoms with Gasteiger partial charge < -0.3 is 5.32 Å². The van der Waals surface area contributed by atoms with Crippen LogP contribution in [0.5, 0.6) is 0 Å². The van der Waals surface area contributed by atoms with E-state index < -0.39 is 11.6 Å². The molecule has 1 aliphatic carbocycles. The minimum atomic E-state index is -0.764. The Balaban J connectivity index is 2.12. The van der Waals surface area contributed by atoms with Gasteiger partial charge in [0.05, 0.1) is 0 Å². The second-order valence-corrected chi connectivity index (χ2v) is 7.48. The van der Waals surface area contributed by atoms with Gasteiger partial charge >= 0.3 is 0 Å². The monoisotopic (exact) mass is 295 g/mol. The minimum Gasteiger partial charge on any atom is -0.317 e. The second kappa shape index (κ2) is 6.43. The fraction of sp³-hybridized carbons (Fsp3) is 0.667. The van der Waals surface area contributed by atoms with Gasteiger partial charge in [-0.1, -0.05) is 26.8 Å². The summed E-state index contributed by atoms with van der Waals surface area (Å²) in [4.78, 5) is 0. The van der Waals surface area contributed by atoms with Crippen LogP contribution in [0.15, 0.2) is 18.2 Å². The lowest BCUT2D eigenvalue weighted by atomic mass is 9.66. The maximum atomic E-state index is 13.4. The third-order valence-corrected chi connectivity index (χ3v) is 5.06. The number of benzene rings is 1. The molecule has 0 spiro atoms. The van der Waals surface area contributed by atoms with E-state index in [2.05, 4.69) is 26.1 Å². The Hall–Kier alpha value is -0.960. The van der Waals surface area contributed by atoms with E-state index in [1.807, 2.05) is 7.05 Å². The summed E-state index contributed by atoms with van der Waals surface area (Å²) in [6.45, 7) is 6.89. The third kappa shape index (κ3) is 4.03. The summed E-state index contributed by atoms with van der Waals surface area (Å²) in [7, 11) is 2.00. The Kier molecular flexibility index (Phi) is 5.03. The third-order valence-electron chi connectivity index (χ3n) is 5.06. The van der Waals surface area contributed by atoms with Gasteiger partial charge in [0.1, 0.15) is 0 Å². The predicted octanol–water partition coefficient (Wildman–Crippen LogP) is 4.56. The van der Waals surface area contributed by atoms with Gasteiger partial charge in [0, 0.05) is 6.04 Å². The zero-order chi connectivity index (χ0) is 15.6. The van der Waals surface area contributed by atoms with E-state index in [1.165, 1.54) is 18.6 Å². The highest BCUT2D eigenvalue weighted by Gasteiger charge is 2.35. The largest absolute Gasteiger partial charge is 0.317 e. The van der Waals surface area contributed by atoms with Crippen LogP contribution in [-0.4, -0.2) is 13.1 Å². The highest BCUT2D eigenvalue weighted by molar-refractivity contribution is 5.19. The molecule has 1 fully saturated rings.